The Labute approximate surface area is 143 Å². The smallest absolute Gasteiger partial charge is 0.421 e. The Bertz CT molecular complexity index is 712. The van der Waals surface area contributed by atoms with E-state index < -0.39 is 17.3 Å². The molecule has 0 radical (unpaired) electrons. The van der Waals surface area contributed by atoms with Gasteiger partial charge in [-0.3, -0.25) is 0 Å². The summed E-state index contributed by atoms with van der Waals surface area (Å²) in [4.78, 5) is 8.96. The topological polar surface area (TPSA) is 38.2 Å². The second kappa shape index (κ2) is 6.47. The molecule has 0 aliphatic heterocycles. The molecular formula is C16H17ClF3N3O. The van der Waals surface area contributed by atoms with E-state index in [0.29, 0.717) is 10.7 Å². The fraction of sp³-hybridized carbons (Fsp3) is 0.375. The first-order valence-corrected chi connectivity index (χ1v) is 7.48. The number of halogens is 4. The highest BCUT2D eigenvalue weighted by Crippen LogP contribution is 2.38. The van der Waals surface area contributed by atoms with Crippen molar-refractivity contribution in [2.45, 2.75) is 32.5 Å². The van der Waals surface area contributed by atoms with Crippen LogP contribution in [0.2, 0.25) is 5.02 Å². The first-order valence-electron chi connectivity index (χ1n) is 7.10. The van der Waals surface area contributed by atoms with Gasteiger partial charge in [-0.05, 0) is 45.0 Å². The quantitative estimate of drug-likeness (QED) is 0.764. The van der Waals surface area contributed by atoms with Crippen LogP contribution >= 0.6 is 11.6 Å². The van der Waals surface area contributed by atoms with Crippen LogP contribution in [0.3, 0.4) is 0 Å². The molecule has 4 nitrogen and oxygen atoms in total. The molecule has 0 amide bonds. The zero-order valence-corrected chi connectivity index (χ0v) is 14.4. The van der Waals surface area contributed by atoms with Crippen LogP contribution in [0.5, 0.6) is 6.01 Å². The molecule has 2 aromatic rings. The third-order valence-electron chi connectivity index (χ3n) is 2.98. The number of hydrogen-bond acceptors (Lipinski definition) is 4. The predicted molar refractivity (Wildman–Crippen MR) is 86.9 cm³/mol. The maximum absolute atomic E-state index is 13.3. The summed E-state index contributed by atoms with van der Waals surface area (Å²) in [7, 11) is 1.49. The second-order valence-electron chi connectivity index (χ2n) is 6.14. The molecule has 0 bridgehead atoms. The number of rotatable bonds is 3. The molecule has 0 spiro atoms. The van der Waals surface area contributed by atoms with Crippen molar-refractivity contribution >= 4 is 23.1 Å². The number of aromatic nitrogens is 2. The normalized spacial score (nSPS) is 12.2. The lowest BCUT2D eigenvalue weighted by molar-refractivity contribution is -0.137. The minimum absolute atomic E-state index is 0.119. The molecule has 2 rings (SSSR count). The monoisotopic (exact) mass is 359 g/mol. The second-order valence-corrected chi connectivity index (χ2v) is 6.57. The number of ether oxygens (including phenoxy) is 1. The molecule has 0 fully saturated rings. The fourth-order valence-electron chi connectivity index (χ4n) is 1.92. The van der Waals surface area contributed by atoms with Crippen molar-refractivity contribution in [3.05, 3.63) is 41.0 Å². The van der Waals surface area contributed by atoms with Gasteiger partial charge >= 0.3 is 12.2 Å². The lowest BCUT2D eigenvalue weighted by Gasteiger charge is -2.24. The lowest BCUT2D eigenvalue weighted by atomic mass is 10.2. The molecule has 0 saturated carbocycles. The van der Waals surface area contributed by atoms with E-state index in [1.165, 1.54) is 11.9 Å². The highest BCUT2D eigenvalue weighted by Gasteiger charge is 2.37. The van der Waals surface area contributed by atoms with Gasteiger partial charge in [-0.1, -0.05) is 11.6 Å². The van der Waals surface area contributed by atoms with Crippen LogP contribution < -0.4 is 9.64 Å². The number of anilines is 2. The molecule has 0 aliphatic carbocycles. The van der Waals surface area contributed by atoms with Crippen LogP contribution in [-0.2, 0) is 6.18 Å². The van der Waals surface area contributed by atoms with E-state index in [2.05, 4.69) is 9.97 Å². The third-order valence-corrected chi connectivity index (χ3v) is 3.23. The molecule has 0 aliphatic rings. The summed E-state index contributed by atoms with van der Waals surface area (Å²) in [5, 5.41) is 0.489. The van der Waals surface area contributed by atoms with Crippen molar-refractivity contribution in [2.24, 2.45) is 0 Å². The largest absolute Gasteiger partial charge is 0.458 e. The molecule has 1 aromatic heterocycles. The average molecular weight is 360 g/mol. The minimum Gasteiger partial charge on any atom is -0.458 e. The Kier molecular flexibility index (Phi) is 4.94. The Hall–Kier alpha value is -2.02. The molecule has 130 valence electrons. The van der Waals surface area contributed by atoms with Gasteiger partial charge in [0.2, 0.25) is 0 Å². The summed E-state index contributed by atoms with van der Waals surface area (Å²) >= 11 is 5.82. The van der Waals surface area contributed by atoms with Crippen molar-refractivity contribution < 1.29 is 17.9 Å². The van der Waals surface area contributed by atoms with E-state index in [1.54, 1.807) is 45.0 Å². The highest BCUT2D eigenvalue weighted by molar-refractivity contribution is 6.30. The number of nitrogens with zero attached hydrogens (tertiary/aromatic N) is 3. The van der Waals surface area contributed by atoms with Crippen molar-refractivity contribution in [2.75, 3.05) is 11.9 Å². The Morgan fingerprint density at radius 2 is 1.67 bits per heavy atom. The highest BCUT2D eigenvalue weighted by atomic mass is 35.5. The van der Waals surface area contributed by atoms with Crippen LogP contribution in [0, 0.1) is 0 Å². The first-order chi connectivity index (χ1) is 11.0. The molecule has 1 heterocycles. The number of benzene rings is 1. The standard InChI is InChI=1S/C16H17ClF3N3O/c1-15(2,3)24-14-21-9-12(16(18,19)20)13(22-14)23(4)11-7-5-10(17)6-8-11/h5-9H,1-4H3. The predicted octanol–water partition coefficient (Wildman–Crippen LogP) is 5.09. The van der Waals surface area contributed by atoms with E-state index in [1.807, 2.05) is 0 Å². The van der Waals surface area contributed by atoms with Crippen LogP contribution in [-0.4, -0.2) is 22.6 Å². The van der Waals surface area contributed by atoms with Gasteiger partial charge in [0.1, 0.15) is 11.2 Å². The summed E-state index contributed by atoms with van der Waals surface area (Å²) in [6.07, 6.45) is -3.86. The number of alkyl halides is 3. The SMILES string of the molecule is CN(c1ccc(Cl)cc1)c1nc(OC(C)(C)C)ncc1C(F)(F)F. The average Bonchev–Trinajstić information content (AvgIpc) is 2.44. The van der Waals surface area contributed by atoms with Crippen LogP contribution in [0.15, 0.2) is 30.5 Å². The Morgan fingerprint density at radius 1 is 1.08 bits per heavy atom. The van der Waals surface area contributed by atoms with Gasteiger partial charge in [0, 0.05) is 24.0 Å². The fourth-order valence-corrected chi connectivity index (χ4v) is 2.05. The first kappa shape index (κ1) is 18.3. The zero-order chi connectivity index (χ0) is 18.1. The van der Waals surface area contributed by atoms with Crippen molar-refractivity contribution in [1.29, 1.82) is 0 Å². The van der Waals surface area contributed by atoms with Crippen molar-refractivity contribution in [1.82, 2.24) is 9.97 Å². The van der Waals surface area contributed by atoms with Crippen LogP contribution in [0.1, 0.15) is 26.3 Å². The Balaban J connectivity index is 2.50. The van der Waals surface area contributed by atoms with Gasteiger partial charge < -0.3 is 9.64 Å². The molecule has 1 aromatic carbocycles. The minimum atomic E-state index is -4.59. The van der Waals surface area contributed by atoms with E-state index in [4.69, 9.17) is 16.3 Å². The van der Waals surface area contributed by atoms with E-state index in [-0.39, 0.29) is 11.8 Å². The summed E-state index contributed by atoms with van der Waals surface area (Å²) in [6.45, 7) is 5.28. The van der Waals surface area contributed by atoms with E-state index in [0.717, 1.165) is 6.20 Å². The summed E-state index contributed by atoms with van der Waals surface area (Å²) < 4.78 is 45.3. The lowest BCUT2D eigenvalue weighted by Crippen LogP contribution is -2.25. The third kappa shape index (κ3) is 4.50. The van der Waals surface area contributed by atoms with Crippen LogP contribution in [0.4, 0.5) is 24.7 Å². The van der Waals surface area contributed by atoms with Gasteiger partial charge in [-0.25, -0.2) is 4.98 Å². The molecule has 0 atom stereocenters. The molecular weight excluding hydrogens is 343 g/mol. The van der Waals surface area contributed by atoms with Crippen molar-refractivity contribution in [3.8, 4) is 6.01 Å². The van der Waals surface area contributed by atoms with Gasteiger partial charge in [0.15, 0.2) is 5.82 Å². The summed E-state index contributed by atoms with van der Waals surface area (Å²) in [5.74, 6) is -0.293. The molecule has 0 N–H and O–H groups in total. The summed E-state index contributed by atoms with van der Waals surface area (Å²) in [5.41, 5.74) is -1.07. The molecule has 24 heavy (non-hydrogen) atoms. The van der Waals surface area contributed by atoms with Gasteiger partial charge in [-0.15, -0.1) is 0 Å². The van der Waals surface area contributed by atoms with Gasteiger partial charge in [0.25, 0.3) is 0 Å². The molecule has 8 heteroatoms. The maximum atomic E-state index is 13.3. The maximum Gasteiger partial charge on any atom is 0.421 e. The zero-order valence-electron chi connectivity index (χ0n) is 13.6. The van der Waals surface area contributed by atoms with Gasteiger partial charge in [-0.2, -0.15) is 18.2 Å². The molecule has 0 saturated heterocycles. The van der Waals surface area contributed by atoms with E-state index in [9.17, 15) is 13.2 Å². The van der Waals surface area contributed by atoms with Crippen molar-refractivity contribution in [3.63, 3.8) is 0 Å². The molecule has 0 unspecified atom stereocenters. The van der Waals surface area contributed by atoms with E-state index >= 15 is 0 Å². The summed E-state index contributed by atoms with van der Waals surface area (Å²) in [6, 6.07) is 6.28. The van der Waals surface area contributed by atoms with Crippen LogP contribution in [0.25, 0.3) is 0 Å². The van der Waals surface area contributed by atoms with Gasteiger partial charge in [0.05, 0.1) is 0 Å². The Morgan fingerprint density at radius 3 is 2.17 bits per heavy atom. The number of hydrogen-bond donors (Lipinski definition) is 0.